The summed E-state index contributed by atoms with van der Waals surface area (Å²) < 4.78 is 4.90. The summed E-state index contributed by atoms with van der Waals surface area (Å²) in [5, 5.41) is 6.21. The number of carbonyl (C=O) groups excluding carboxylic acids is 1. The van der Waals surface area contributed by atoms with Crippen LogP contribution in [-0.2, 0) is 16.0 Å². The fourth-order valence-corrected chi connectivity index (χ4v) is 3.00. The summed E-state index contributed by atoms with van der Waals surface area (Å²) in [4.78, 5) is 15.7. The summed E-state index contributed by atoms with van der Waals surface area (Å²) in [5.74, 6) is 0.590. The van der Waals surface area contributed by atoms with E-state index in [1.165, 1.54) is 25.7 Å². The molecule has 0 amide bonds. The Kier molecular flexibility index (Phi) is 4.99. The molecule has 18 heavy (non-hydrogen) atoms. The quantitative estimate of drug-likeness (QED) is 0.806. The van der Waals surface area contributed by atoms with E-state index in [9.17, 15) is 4.79 Å². The molecule has 0 spiro atoms. The number of ether oxygens (including phenoxy) is 1. The molecular weight excluding hydrogens is 248 g/mol. The molecular formula is C13H20N2O2S. The van der Waals surface area contributed by atoms with E-state index >= 15 is 0 Å². The number of carbonyl (C=O) groups is 1. The predicted octanol–water partition coefficient (Wildman–Crippen LogP) is 2.85. The molecule has 1 saturated carbocycles. The molecule has 0 bridgehead atoms. The Morgan fingerprint density at radius 2 is 2.33 bits per heavy atom. The summed E-state index contributed by atoms with van der Waals surface area (Å²) in [6.07, 6.45) is 5.65. The molecule has 0 aliphatic heterocycles. The molecule has 1 aromatic heterocycles. The second-order valence-electron chi connectivity index (χ2n) is 4.66. The minimum Gasteiger partial charge on any atom is -0.466 e. The topological polar surface area (TPSA) is 51.2 Å². The zero-order valence-electron chi connectivity index (χ0n) is 10.8. The first-order valence-electron chi connectivity index (χ1n) is 6.62. The van der Waals surface area contributed by atoms with Crippen molar-refractivity contribution < 1.29 is 9.53 Å². The van der Waals surface area contributed by atoms with Gasteiger partial charge < -0.3 is 10.1 Å². The number of nitrogens with one attached hydrogen (secondary N) is 1. The number of anilines is 1. The first-order valence-corrected chi connectivity index (χ1v) is 7.49. The van der Waals surface area contributed by atoms with Crippen molar-refractivity contribution in [1.82, 2.24) is 4.98 Å². The third-order valence-corrected chi connectivity index (χ3v) is 4.05. The highest BCUT2D eigenvalue weighted by Crippen LogP contribution is 2.25. The van der Waals surface area contributed by atoms with Crippen LogP contribution in [0.25, 0.3) is 0 Å². The molecule has 5 heteroatoms. The average Bonchev–Trinajstić information content (AvgIpc) is 2.97. The smallest absolute Gasteiger partial charge is 0.311 e. The summed E-state index contributed by atoms with van der Waals surface area (Å²) in [6, 6.07) is 0. The van der Waals surface area contributed by atoms with Crippen LogP contribution in [0.15, 0.2) is 5.38 Å². The third kappa shape index (κ3) is 3.98. The molecule has 1 fully saturated rings. The van der Waals surface area contributed by atoms with Crippen molar-refractivity contribution in [3.8, 4) is 0 Å². The van der Waals surface area contributed by atoms with E-state index in [2.05, 4.69) is 10.3 Å². The van der Waals surface area contributed by atoms with Gasteiger partial charge in [0.2, 0.25) is 0 Å². The number of esters is 1. The number of thiazole rings is 1. The van der Waals surface area contributed by atoms with E-state index in [0.29, 0.717) is 6.61 Å². The Hall–Kier alpha value is -1.10. The zero-order chi connectivity index (χ0) is 12.8. The highest BCUT2D eigenvalue weighted by Gasteiger charge is 2.15. The van der Waals surface area contributed by atoms with Crippen molar-refractivity contribution in [3.05, 3.63) is 11.1 Å². The minimum atomic E-state index is -0.204. The maximum atomic E-state index is 11.3. The SMILES string of the molecule is CCOC(=O)Cc1csc(NCC2CCCC2)n1. The van der Waals surface area contributed by atoms with Crippen LogP contribution in [0.2, 0.25) is 0 Å². The lowest BCUT2D eigenvalue weighted by molar-refractivity contribution is -0.142. The van der Waals surface area contributed by atoms with Gasteiger partial charge in [-0.3, -0.25) is 4.79 Å². The van der Waals surface area contributed by atoms with Crippen LogP contribution in [0.4, 0.5) is 5.13 Å². The Labute approximate surface area is 112 Å². The Balaban J connectivity index is 1.76. The monoisotopic (exact) mass is 268 g/mol. The van der Waals surface area contributed by atoms with Crippen LogP contribution in [0.1, 0.15) is 38.3 Å². The van der Waals surface area contributed by atoms with E-state index in [1.807, 2.05) is 12.3 Å². The molecule has 0 aromatic carbocycles. The van der Waals surface area contributed by atoms with Crippen molar-refractivity contribution in [2.75, 3.05) is 18.5 Å². The van der Waals surface area contributed by atoms with E-state index in [0.717, 1.165) is 23.3 Å². The van der Waals surface area contributed by atoms with Crippen LogP contribution in [-0.4, -0.2) is 24.1 Å². The molecule has 1 N–H and O–H groups in total. The first kappa shape index (κ1) is 13.3. The summed E-state index contributed by atoms with van der Waals surface area (Å²) in [6.45, 7) is 3.25. The standard InChI is InChI=1S/C13H20N2O2S/c1-2-17-12(16)7-11-9-18-13(15-11)14-8-10-5-3-4-6-10/h9-10H,2-8H2,1H3,(H,14,15). The first-order chi connectivity index (χ1) is 8.78. The maximum Gasteiger partial charge on any atom is 0.311 e. The zero-order valence-corrected chi connectivity index (χ0v) is 11.6. The van der Waals surface area contributed by atoms with Gasteiger partial charge in [0.1, 0.15) is 0 Å². The molecule has 1 heterocycles. The number of rotatable bonds is 6. The van der Waals surface area contributed by atoms with Gasteiger partial charge in [0.05, 0.1) is 18.7 Å². The van der Waals surface area contributed by atoms with Crippen molar-refractivity contribution in [1.29, 1.82) is 0 Å². The number of nitrogens with zero attached hydrogens (tertiary/aromatic N) is 1. The highest BCUT2D eigenvalue weighted by molar-refractivity contribution is 7.13. The molecule has 2 rings (SSSR count). The molecule has 4 nitrogen and oxygen atoms in total. The van der Waals surface area contributed by atoms with Gasteiger partial charge in [-0.05, 0) is 25.7 Å². The molecule has 0 radical (unpaired) electrons. The maximum absolute atomic E-state index is 11.3. The van der Waals surface area contributed by atoms with Gasteiger partial charge in [0.15, 0.2) is 5.13 Å². The van der Waals surface area contributed by atoms with Crippen LogP contribution in [0.5, 0.6) is 0 Å². The Morgan fingerprint density at radius 1 is 1.56 bits per heavy atom. The Morgan fingerprint density at radius 3 is 3.06 bits per heavy atom. The van der Waals surface area contributed by atoms with Gasteiger partial charge in [-0.1, -0.05) is 12.8 Å². The van der Waals surface area contributed by atoms with Crippen LogP contribution < -0.4 is 5.32 Å². The Bertz CT molecular complexity index is 386. The van der Waals surface area contributed by atoms with Gasteiger partial charge in [-0.15, -0.1) is 11.3 Å². The number of hydrogen-bond acceptors (Lipinski definition) is 5. The van der Waals surface area contributed by atoms with Crippen LogP contribution in [0.3, 0.4) is 0 Å². The van der Waals surface area contributed by atoms with Crippen LogP contribution >= 0.6 is 11.3 Å². The van der Waals surface area contributed by atoms with E-state index in [4.69, 9.17) is 4.74 Å². The van der Waals surface area contributed by atoms with Gasteiger partial charge in [0, 0.05) is 11.9 Å². The van der Waals surface area contributed by atoms with E-state index < -0.39 is 0 Å². The lowest BCUT2D eigenvalue weighted by Gasteiger charge is -2.08. The molecule has 1 aromatic rings. The lowest BCUT2D eigenvalue weighted by Crippen LogP contribution is -2.11. The van der Waals surface area contributed by atoms with Crippen molar-refractivity contribution in [3.63, 3.8) is 0 Å². The van der Waals surface area contributed by atoms with Crippen LogP contribution in [0, 0.1) is 5.92 Å². The van der Waals surface area contributed by atoms with Gasteiger partial charge >= 0.3 is 5.97 Å². The predicted molar refractivity (Wildman–Crippen MR) is 72.9 cm³/mol. The number of aromatic nitrogens is 1. The fourth-order valence-electron chi connectivity index (χ4n) is 2.28. The van der Waals surface area contributed by atoms with Crippen molar-refractivity contribution in [2.45, 2.75) is 39.0 Å². The molecule has 100 valence electrons. The average molecular weight is 268 g/mol. The number of hydrogen-bond donors (Lipinski definition) is 1. The summed E-state index contributed by atoms with van der Waals surface area (Å²) in [7, 11) is 0. The molecule has 0 atom stereocenters. The van der Waals surface area contributed by atoms with Gasteiger partial charge in [-0.2, -0.15) is 0 Å². The van der Waals surface area contributed by atoms with Crippen molar-refractivity contribution >= 4 is 22.4 Å². The molecule has 0 unspecified atom stereocenters. The molecule has 0 saturated heterocycles. The summed E-state index contributed by atoms with van der Waals surface area (Å²) >= 11 is 1.56. The molecule has 1 aliphatic carbocycles. The van der Waals surface area contributed by atoms with E-state index in [1.54, 1.807) is 11.3 Å². The fraction of sp³-hybridized carbons (Fsp3) is 0.692. The second-order valence-corrected chi connectivity index (χ2v) is 5.52. The van der Waals surface area contributed by atoms with Gasteiger partial charge in [-0.25, -0.2) is 4.98 Å². The minimum absolute atomic E-state index is 0.204. The lowest BCUT2D eigenvalue weighted by atomic mass is 10.1. The second kappa shape index (κ2) is 6.73. The molecule has 1 aliphatic rings. The largest absolute Gasteiger partial charge is 0.466 e. The highest BCUT2D eigenvalue weighted by atomic mass is 32.1. The van der Waals surface area contributed by atoms with Gasteiger partial charge in [0.25, 0.3) is 0 Å². The normalized spacial score (nSPS) is 15.8. The summed E-state index contributed by atoms with van der Waals surface area (Å²) in [5.41, 5.74) is 0.798. The van der Waals surface area contributed by atoms with E-state index in [-0.39, 0.29) is 12.4 Å². The third-order valence-electron chi connectivity index (χ3n) is 3.20. The van der Waals surface area contributed by atoms with Crippen molar-refractivity contribution in [2.24, 2.45) is 5.92 Å².